The van der Waals surface area contributed by atoms with Gasteiger partial charge in [-0.25, -0.2) is 8.78 Å². The summed E-state index contributed by atoms with van der Waals surface area (Å²) in [4.78, 5) is 0. The Labute approximate surface area is 110 Å². The molecule has 1 N–H and O–H groups in total. The van der Waals surface area contributed by atoms with Crippen LogP contribution in [-0.4, -0.2) is 13.1 Å². The Morgan fingerprint density at radius 3 is 2.95 bits per heavy atom. The third kappa shape index (κ3) is 2.50. The minimum Gasteiger partial charge on any atom is -0.464 e. The van der Waals surface area contributed by atoms with Gasteiger partial charge in [0.25, 0.3) is 5.92 Å². The quantitative estimate of drug-likeness (QED) is 0.910. The fraction of sp³-hybridized carbons (Fsp3) is 0.467. The van der Waals surface area contributed by atoms with Crippen molar-refractivity contribution in [1.29, 1.82) is 0 Å². The molecule has 3 rings (SSSR count). The first-order chi connectivity index (χ1) is 9.17. The van der Waals surface area contributed by atoms with Gasteiger partial charge in [-0.15, -0.1) is 0 Å². The Hall–Kier alpha value is -1.42. The van der Waals surface area contributed by atoms with Crippen molar-refractivity contribution in [1.82, 2.24) is 5.32 Å². The van der Waals surface area contributed by atoms with Gasteiger partial charge in [-0.1, -0.05) is 18.2 Å². The maximum atomic E-state index is 14.4. The van der Waals surface area contributed by atoms with Crippen molar-refractivity contribution in [2.24, 2.45) is 5.92 Å². The second kappa shape index (κ2) is 4.93. The van der Waals surface area contributed by atoms with Crippen LogP contribution >= 0.6 is 0 Å². The highest BCUT2D eigenvalue weighted by molar-refractivity contribution is 5.81. The fourth-order valence-corrected chi connectivity index (χ4v) is 2.83. The van der Waals surface area contributed by atoms with E-state index in [0.29, 0.717) is 17.5 Å². The van der Waals surface area contributed by atoms with E-state index in [4.69, 9.17) is 4.42 Å². The lowest BCUT2D eigenvalue weighted by atomic mass is 9.90. The Morgan fingerprint density at radius 1 is 1.32 bits per heavy atom. The Kier molecular flexibility index (Phi) is 3.27. The average molecular weight is 265 g/mol. The number of fused-ring (bicyclic) bond motifs is 1. The summed E-state index contributed by atoms with van der Waals surface area (Å²) in [5, 5.41) is 3.71. The third-order valence-electron chi connectivity index (χ3n) is 3.82. The first kappa shape index (κ1) is 12.6. The summed E-state index contributed by atoms with van der Waals surface area (Å²) in [6.45, 7) is 1.63. The van der Waals surface area contributed by atoms with Gasteiger partial charge in [0.2, 0.25) is 0 Å². The van der Waals surface area contributed by atoms with Gasteiger partial charge in [0.15, 0.2) is 0 Å². The molecule has 1 aliphatic rings. The van der Waals surface area contributed by atoms with E-state index in [1.54, 1.807) is 24.3 Å². The van der Waals surface area contributed by atoms with E-state index in [0.717, 1.165) is 19.4 Å². The molecular weight excluding hydrogens is 248 g/mol. The fourth-order valence-electron chi connectivity index (χ4n) is 2.83. The highest BCUT2D eigenvalue weighted by atomic mass is 19.3. The van der Waals surface area contributed by atoms with Crippen LogP contribution in [0.2, 0.25) is 0 Å². The van der Waals surface area contributed by atoms with Gasteiger partial charge in [0.1, 0.15) is 11.8 Å². The molecule has 1 unspecified atom stereocenters. The van der Waals surface area contributed by atoms with E-state index in [-0.39, 0.29) is 17.9 Å². The maximum Gasteiger partial charge on any atom is 0.277 e. The molecule has 1 aliphatic heterocycles. The van der Waals surface area contributed by atoms with Crippen LogP contribution < -0.4 is 5.32 Å². The van der Waals surface area contributed by atoms with Crippen LogP contribution in [0.1, 0.15) is 24.8 Å². The molecule has 1 saturated heterocycles. The Bertz CT molecular complexity index is 558. The maximum absolute atomic E-state index is 14.4. The zero-order chi connectivity index (χ0) is 13.3. The van der Waals surface area contributed by atoms with Gasteiger partial charge in [0, 0.05) is 11.8 Å². The zero-order valence-corrected chi connectivity index (χ0v) is 10.7. The van der Waals surface area contributed by atoms with Crippen molar-refractivity contribution in [3.8, 4) is 0 Å². The van der Waals surface area contributed by atoms with Crippen molar-refractivity contribution in [2.45, 2.75) is 25.2 Å². The van der Waals surface area contributed by atoms with Crippen molar-refractivity contribution < 1.29 is 13.2 Å². The molecule has 0 spiro atoms. The SMILES string of the molecule is FC(F)(CC1CCCNC1)c1coc2ccccc12. The molecule has 0 bridgehead atoms. The average Bonchev–Trinajstić information content (AvgIpc) is 2.84. The first-order valence-corrected chi connectivity index (χ1v) is 6.72. The zero-order valence-electron chi connectivity index (χ0n) is 10.7. The molecule has 0 aliphatic carbocycles. The Balaban J connectivity index is 1.86. The number of nitrogens with one attached hydrogen (secondary N) is 1. The predicted octanol–water partition coefficient (Wildman–Crippen LogP) is 3.91. The second-order valence-electron chi connectivity index (χ2n) is 5.27. The van der Waals surface area contributed by atoms with Crippen LogP contribution in [0.5, 0.6) is 0 Å². The van der Waals surface area contributed by atoms with E-state index in [1.165, 1.54) is 6.26 Å². The van der Waals surface area contributed by atoms with Crippen molar-refractivity contribution in [3.05, 3.63) is 36.1 Å². The Morgan fingerprint density at radius 2 is 2.16 bits per heavy atom. The minimum absolute atomic E-state index is 0.0219. The highest BCUT2D eigenvalue weighted by Crippen LogP contribution is 2.40. The third-order valence-corrected chi connectivity index (χ3v) is 3.82. The lowest BCUT2D eigenvalue weighted by Crippen LogP contribution is -2.33. The molecule has 0 amide bonds. The van der Waals surface area contributed by atoms with E-state index >= 15 is 0 Å². The second-order valence-corrected chi connectivity index (χ2v) is 5.27. The highest BCUT2D eigenvalue weighted by Gasteiger charge is 2.37. The summed E-state index contributed by atoms with van der Waals surface area (Å²) in [7, 11) is 0. The van der Waals surface area contributed by atoms with Gasteiger partial charge in [-0.3, -0.25) is 0 Å². The van der Waals surface area contributed by atoms with Crippen LogP contribution in [0.3, 0.4) is 0 Å². The summed E-state index contributed by atoms with van der Waals surface area (Å²) in [6, 6.07) is 6.97. The van der Waals surface area contributed by atoms with Crippen molar-refractivity contribution in [3.63, 3.8) is 0 Å². The van der Waals surface area contributed by atoms with Crippen molar-refractivity contribution in [2.75, 3.05) is 13.1 Å². The number of rotatable bonds is 3. The standard InChI is InChI=1S/C15H17F2NO/c16-15(17,8-11-4-3-7-18-9-11)13-10-19-14-6-2-1-5-12(13)14/h1-2,5-6,10-11,18H,3-4,7-9H2. The van der Waals surface area contributed by atoms with Gasteiger partial charge in [-0.2, -0.15) is 0 Å². The van der Waals surface area contributed by atoms with Gasteiger partial charge >= 0.3 is 0 Å². The van der Waals surface area contributed by atoms with Gasteiger partial charge < -0.3 is 9.73 Å². The van der Waals surface area contributed by atoms with Gasteiger partial charge in [-0.05, 0) is 37.9 Å². The smallest absolute Gasteiger partial charge is 0.277 e. The van der Waals surface area contributed by atoms with Crippen LogP contribution in [0.15, 0.2) is 34.9 Å². The number of alkyl halides is 2. The molecule has 102 valence electrons. The molecule has 19 heavy (non-hydrogen) atoms. The van der Waals surface area contributed by atoms with Gasteiger partial charge in [0.05, 0.1) is 5.56 Å². The van der Waals surface area contributed by atoms with E-state index < -0.39 is 5.92 Å². The molecule has 0 radical (unpaired) electrons. The summed E-state index contributed by atoms with van der Waals surface area (Å²) >= 11 is 0. The molecule has 1 atom stereocenters. The number of piperidine rings is 1. The van der Waals surface area contributed by atoms with E-state index in [2.05, 4.69) is 5.32 Å². The van der Waals surface area contributed by atoms with Crippen LogP contribution in [0.25, 0.3) is 11.0 Å². The van der Waals surface area contributed by atoms with Crippen LogP contribution in [0, 0.1) is 5.92 Å². The number of furan rings is 1. The minimum atomic E-state index is -2.82. The number of benzene rings is 1. The van der Waals surface area contributed by atoms with Crippen LogP contribution in [0.4, 0.5) is 8.78 Å². The monoisotopic (exact) mass is 265 g/mol. The normalized spacial score (nSPS) is 20.8. The van der Waals surface area contributed by atoms with Crippen molar-refractivity contribution >= 4 is 11.0 Å². The molecule has 0 saturated carbocycles. The lowest BCUT2D eigenvalue weighted by molar-refractivity contribution is -0.0309. The molecule has 2 aromatic rings. The molecule has 1 aromatic carbocycles. The number of hydrogen-bond donors (Lipinski definition) is 1. The molecular formula is C15H17F2NO. The summed E-state index contributed by atoms with van der Waals surface area (Å²) in [5.74, 6) is -2.78. The summed E-state index contributed by atoms with van der Waals surface area (Å²) in [6.07, 6.45) is 2.95. The number of para-hydroxylation sites is 1. The number of hydrogen-bond acceptors (Lipinski definition) is 2. The summed E-state index contributed by atoms with van der Waals surface area (Å²) in [5.41, 5.74) is 0.549. The van der Waals surface area contributed by atoms with E-state index in [1.807, 2.05) is 0 Å². The van der Waals surface area contributed by atoms with Crippen LogP contribution in [-0.2, 0) is 5.92 Å². The summed E-state index contributed by atoms with van der Waals surface area (Å²) < 4.78 is 34.1. The first-order valence-electron chi connectivity index (χ1n) is 6.72. The number of halogens is 2. The topological polar surface area (TPSA) is 25.2 Å². The molecule has 1 fully saturated rings. The predicted molar refractivity (Wildman–Crippen MR) is 70.3 cm³/mol. The lowest BCUT2D eigenvalue weighted by Gasteiger charge is -2.26. The van der Waals surface area contributed by atoms with E-state index in [9.17, 15) is 8.78 Å². The molecule has 1 aromatic heterocycles. The molecule has 4 heteroatoms. The molecule has 2 heterocycles. The molecule has 2 nitrogen and oxygen atoms in total. The largest absolute Gasteiger partial charge is 0.464 e.